The number of nitrogens with zero attached hydrogens (tertiary/aromatic N) is 1. The predicted octanol–water partition coefficient (Wildman–Crippen LogP) is 1.84. The summed E-state index contributed by atoms with van der Waals surface area (Å²) in [7, 11) is 2.16. The Morgan fingerprint density at radius 2 is 2.00 bits per heavy atom. The number of piperidine rings is 1. The minimum absolute atomic E-state index is 0.00700. The first-order chi connectivity index (χ1) is 8.81. The summed E-state index contributed by atoms with van der Waals surface area (Å²) < 4.78 is 0. The number of nitrogens with one attached hydrogen (secondary N) is 1. The summed E-state index contributed by atoms with van der Waals surface area (Å²) in [5, 5.41) is 2.98. The van der Waals surface area contributed by atoms with Gasteiger partial charge in [0.05, 0.1) is 0 Å². The van der Waals surface area contributed by atoms with E-state index in [1.807, 2.05) is 0 Å². The van der Waals surface area contributed by atoms with Crippen molar-refractivity contribution >= 4 is 11.7 Å². The van der Waals surface area contributed by atoms with Gasteiger partial charge in [-0.05, 0) is 44.7 Å². The predicted molar refractivity (Wildman–Crippen MR) is 76.9 cm³/mol. The van der Waals surface area contributed by atoms with Crippen LogP contribution in [-0.4, -0.2) is 43.3 Å². The molecule has 1 unspecified atom stereocenters. The molecule has 19 heavy (non-hydrogen) atoms. The Morgan fingerprint density at radius 3 is 2.58 bits per heavy atom. The molecule has 0 aliphatic carbocycles. The van der Waals surface area contributed by atoms with Crippen molar-refractivity contribution in [1.82, 2.24) is 10.2 Å². The molecule has 0 aromatic rings. The Labute approximate surface area is 116 Å². The highest BCUT2D eigenvalue weighted by atomic mass is 16.2. The molecule has 1 aliphatic rings. The van der Waals surface area contributed by atoms with Gasteiger partial charge in [-0.1, -0.05) is 13.8 Å². The lowest BCUT2D eigenvalue weighted by Gasteiger charge is -2.40. The van der Waals surface area contributed by atoms with Crippen molar-refractivity contribution in [3.8, 4) is 0 Å². The average molecular weight is 268 g/mol. The zero-order chi connectivity index (χ0) is 14.5. The second kappa shape index (κ2) is 7.04. The summed E-state index contributed by atoms with van der Waals surface area (Å²) in [5.74, 6) is 0.690. The van der Waals surface area contributed by atoms with Crippen molar-refractivity contribution in [2.45, 2.75) is 46.5 Å². The molecular formula is C15H28N2O2. The smallest absolute Gasteiger partial charge is 0.220 e. The molecule has 1 rings (SSSR count). The van der Waals surface area contributed by atoms with E-state index in [4.69, 9.17) is 0 Å². The third-order valence-electron chi connectivity index (χ3n) is 4.17. The van der Waals surface area contributed by atoms with Crippen LogP contribution in [0.25, 0.3) is 0 Å². The van der Waals surface area contributed by atoms with Gasteiger partial charge in [0, 0.05) is 25.9 Å². The van der Waals surface area contributed by atoms with Crippen molar-refractivity contribution in [2.24, 2.45) is 11.3 Å². The maximum Gasteiger partial charge on any atom is 0.220 e. The second-order valence-electron chi connectivity index (χ2n) is 6.57. The Bertz CT molecular complexity index is 326. The van der Waals surface area contributed by atoms with E-state index >= 15 is 0 Å². The van der Waals surface area contributed by atoms with Crippen molar-refractivity contribution in [3.63, 3.8) is 0 Å². The van der Waals surface area contributed by atoms with Crippen LogP contribution >= 0.6 is 0 Å². The number of Topliss-reactive ketones (excluding diaryl/α,β-unsaturated/α-hetero) is 1. The Morgan fingerprint density at radius 1 is 1.32 bits per heavy atom. The summed E-state index contributed by atoms with van der Waals surface area (Å²) in [5.41, 5.74) is 0.112. The quantitative estimate of drug-likeness (QED) is 0.799. The standard InChI is InChI=1S/C15H28N2O2/c1-12(18)7-8-14(19)16-11-15(2,3)13-6-5-9-17(4)10-13/h13H,5-11H2,1-4H3,(H,16,19). The lowest BCUT2D eigenvalue weighted by atomic mass is 9.74. The Kier molecular flexibility index (Phi) is 5.98. The van der Waals surface area contributed by atoms with E-state index in [1.54, 1.807) is 0 Å². The van der Waals surface area contributed by atoms with E-state index in [2.05, 4.69) is 31.1 Å². The highest BCUT2D eigenvalue weighted by molar-refractivity contribution is 5.83. The average Bonchev–Trinajstić information content (AvgIpc) is 2.34. The zero-order valence-corrected chi connectivity index (χ0v) is 12.8. The van der Waals surface area contributed by atoms with Crippen LogP contribution in [0.5, 0.6) is 0 Å². The molecule has 1 N–H and O–H groups in total. The molecule has 110 valence electrons. The second-order valence-corrected chi connectivity index (χ2v) is 6.57. The Balaban J connectivity index is 2.37. The summed E-state index contributed by atoms with van der Waals surface area (Å²) in [6.45, 7) is 8.95. The summed E-state index contributed by atoms with van der Waals surface area (Å²) in [4.78, 5) is 24.9. The van der Waals surface area contributed by atoms with Crippen LogP contribution in [0, 0.1) is 11.3 Å². The molecule has 4 nitrogen and oxygen atoms in total. The number of hydrogen-bond acceptors (Lipinski definition) is 3. The van der Waals surface area contributed by atoms with E-state index in [9.17, 15) is 9.59 Å². The SMILES string of the molecule is CC(=O)CCC(=O)NCC(C)(C)C1CCCN(C)C1. The van der Waals surface area contributed by atoms with E-state index in [0.717, 1.165) is 6.54 Å². The molecular weight excluding hydrogens is 240 g/mol. The van der Waals surface area contributed by atoms with Crippen molar-refractivity contribution in [1.29, 1.82) is 0 Å². The molecule has 1 atom stereocenters. The van der Waals surface area contributed by atoms with E-state index < -0.39 is 0 Å². The topological polar surface area (TPSA) is 49.4 Å². The number of likely N-dealkylation sites (tertiary alicyclic amines) is 1. The molecule has 0 radical (unpaired) electrons. The van der Waals surface area contributed by atoms with Crippen LogP contribution in [-0.2, 0) is 9.59 Å². The molecule has 0 spiro atoms. The number of amides is 1. The van der Waals surface area contributed by atoms with Crippen LogP contribution in [0.1, 0.15) is 46.5 Å². The first kappa shape index (κ1) is 16.2. The van der Waals surface area contributed by atoms with Crippen LogP contribution in [0.2, 0.25) is 0 Å². The number of hydrogen-bond donors (Lipinski definition) is 1. The maximum atomic E-state index is 11.7. The number of carbonyl (C=O) groups is 2. The molecule has 4 heteroatoms. The molecule has 1 aliphatic heterocycles. The normalized spacial score (nSPS) is 21.2. The van der Waals surface area contributed by atoms with Gasteiger partial charge in [0.1, 0.15) is 5.78 Å². The van der Waals surface area contributed by atoms with E-state index in [0.29, 0.717) is 25.3 Å². The summed E-state index contributed by atoms with van der Waals surface area (Å²) in [6, 6.07) is 0. The Hall–Kier alpha value is -0.900. The van der Waals surface area contributed by atoms with Crippen LogP contribution in [0.4, 0.5) is 0 Å². The fourth-order valence-corrected chi connectivity index (χ4v) is 2.65. The first-order valence-electron chi connectivity index (χ1n) is 7.26. The lowest BCUT2D eigenvalue weighted by Crippen LogP contribution is -2.45. The van der Waals surface area contributed by atoms with Crippen molar-refractivity contribution < 1.29 is 9.59 Å². The monoisotopic (exact) mass is 268 g/mol. The van der Waals surface area contributed by atoms with Gasteiger partial charge >= 0.3 is 0 Å². The molecule has 0 aromatic carbocycles. The molecule has 0 aromatic heterocycles. The summed E-state index contributed by atoms with van der Waals surface area (Å²) in [6.07, 6.45) is 3.14. The first-order valence-corrected chi connectivity index (χ1v) is 7.26. The third kappa shape index (κ3) is 5.72. The van der Waals surface area contributed by atoms with Gasteiger partial charge in [-0.2, -0.15) is 0 Å². The molecule has 0 saturated carbocycles. The van der Waals surface area contributed by atoms with Gasteiger partial charge in [-0.25, -0.2) is 0 Å². The van der Waals surface area contributed by atoms with Crippen LogP contribution < -0.4 is 5.32 Å². The maximum absolute atomic E-state index is 11.7. The molecule has 1 amide bonds. The fraction of sp³-hybridized carbons (Fsp3) is 0.867. The van der Waals surface area contributed by atoms with Gasteiger partial charge in [0.15, 0.2) is 0 Å². The van der Waals surface area contributed by atoms with Gasteiger partial charge < -0.3 is 15.0 Å². The molecule has 1 saturated heterocycles. The van der Waals surface area contributed by atoms with Crippen LogP contribution in [0.3, 0.4) is 0 Å². The van der Waals surface area contributed by atoms with Crippen LogP contribution in [0.15, 0.2) is 0 Å². The number of carbonyl (C=O) groups excluding carboxylic acids is 2. The number of rotatable bonds is 6. The van der Waals surface area contributed by atoms with E-state index in [-0.39, 0.29) is 17.1 Å². The zero-order valence-electron chi connectivity index (χ0n) is 12.8. The lowest BCUT2D eigenvalue weighted by molar-refractivity contribution is -0.125. The highest BCUT2D eigenvalue weighted by Gasteiger charge is 2.32. The van der Waals surface area contributed by atoms with Crippen molar-refractivity contribution in [2.75, 3.05) is 26.7 Å². The van der Waals surface area contributed by atoms with Gasteiger partial charge in [-0.3, -0.25) is 4.79 Å². The van der Waals surface area contributed by atoms with Gasteiger partial charge in [-0.15, -0.1) is 0 Å². The largest absolute Gasteiger partial charge is 0.356 e. The number of ketones is 1. The van der Waals surface area contributed by atoms with Crippen molar-refractivity contribution in [3.05, 3.63) is 0 Å². The molecule has 0 bridgehead atoms. The van der Waals surface area contributed by atoms with Gasteiger partial charge in [0.2, 0.25) is 5.91 Å². The summed E-state index contributed by atoms with van der Waals surface area (Å²) >= 11 is 0. The molecule has 1 heterocycles. The minimum Gasteiger partial charge on any atom is -0.356 e. The van der Waals surface area contributed by atoms with E-state index in [1.165, 1.54) is 26.3 Å². The highest BCUT2D eigenvalue weighted by Crippen LogP contribution is 2.32. The fourth-order valence-electron chi connectivity index (χ4n) is 2.65. The van der Waals surface area contributed by atoms with Gasteiger partial charge in [0.25, 0.3) is 0 Å². The minimum atomic E-state index is -0.00700. The molecule has 1 fully saturated rings. The third-order valence-corrected chi connectivity index (χ3v) is 4.17.